The lowest BCUT2D eigenvalue weighted by atomic mass is 9.93. The highest BCUT2D eigenvalue weighted by Crippen LogP contribution is 2.43. The lowest BCUT2D eigenvalue weighted by Gasteiger charge is -2.22. The number of nitrogens with one attached hydrogen (secondary N) is 1. The van der Waals surface area contributed by atoms with Crippen molar-refractivity contribution in [1.29, 1.82) is 0 Å². The molecule has 96 valence electrons. The van der Waals surface area contributed by atoms with Crippen LogP contribution in [0.25, 0.3) is 0 Å². The van der Waals surface area contributed by atoms with Gasteiger partial charge in [0.05, 0.1) is 0 Å². The van der Waals surface area contributed by atoms with Gasteiger partial charge in [-0.3, -0.25) is 0 Å². The van der Waals surface area contributed by atoms with Crippen molar-refractivity contribution >= 4 is 0 Å². The third kappa shape index (κ3) is 2.37. The Morgan fingerprint density at radius 1 is 1.28 bits per heavy atom. The molecule has 3 unspecified atom stereocenters. The smallest absolute Gasteiger partial charge is 0.0292 e. The van der Waals surface area contributed by atoms with Crippen LogP contribution in [-0.2, 0) is 0 Å². The summed E-state index contributed by atoms with van der Waals surface area (Å²) in [6.07, 6.45) is 7.67. The van der Waals surface area contributed by atoms with Crippen molar-refractivity contribution in [2.24, 2.45) is 17.8 Å². The zero-order valence-electron chi connectivity index (χ0n) is 11.4. The molecule has 0 radical (unpaired) electrons. The minimum absolute atomic E-state index is 0.466. The standard InChI is InChI=1S/C17H23N/c1-12-4-3-5-15(8-12)13(2)18-11-17-10-14-6-7-16(17)9-14/h3-8,13-14,16-18H,9-11H2,1-2H3/t13-,14?,16?,17?/m1/s1. The number of benzene rings is 1. The van der Waals surface area contributed by atoms with Gasteiger partial charge in [0.25, 0.3) is 0 Å². The maximum atomic E-state index is 3.72. The van der Waals surface area contributed by atoms with Gasteiger partial charge in [-0.1, -0.05) is 42.0 Å². The third-order valence-corrected chi connectivity index (χ3v) is 4.64. The van der Waals surface area contributed by atoms with Crippen LogP contribution in [0.5, 0.6) is 0 Å². The monoisotopic (exact) mass is 241 g/mol. The summed E-state index contributed by atoms with van der Waals surface area (Å²) in [6, 6.07) is 9.30. The fraction of sp³-hybridized carbons (Fsp3) is 0.529. The van der Waals surface area contributed by atoms with E-state index >= 15 is 0 Å². The molecule has 1 aromatic rings. The van der Waals surface area contributed by atoms with Crippen molar-refractivity contribution in [2.45, 2.75) is 32.7 Å². The van der Waals surface area contributed by atoms with Crippen molar-refractivity contribution in [3.63, 3.8) is 0 Å². The number of rotatable bonds is 4. The predicted molar refractivity (Wildman–Crippen MR) is 76.4 cm³/mol. The molecule has 4 atom stereocenters. The zero-order chi connectivity index (χ0) is 12.5. The Balaban J connectivity index is 1.55. The quantitative estimate of drug-likeness (QED) is 0.789. The first kappa shape index (κ1) is 12.0. The van der Waals surface area contributed by atoms with E-state index in [0.717, 1.165) is 17.8 Å². The molecule has 1 heteroatoms. The van der Waals surface area contributed by atoms with Crippen molar-refractivity contribution in [3.8, 4) is 0 Å². The van der Waals surface area contributed by atoms with E-state index in [2.05, 4.69) is 55.6 Å². The molecule has 18 heavy (non-hydrogen) atoms. The largest absolute Gasteiger partial charge is 0.310 e. The van der Waals surface area contributed by atoms with Gasteiger partial charge in [0.15, 0.2) is 0 Å². The van der Waals surface area contributed by atoms with E-state index in [1.165, 1.54) is 30.5 Å². The molecule has 0 amide bonds. The van der Waals surface area contributed by atoms with Gasteiger partial charge in [0, 0.05) is 6.04 Å². The Bertz CT molecular complexity index is 449. The van der Waals surface area contributed by atoms with Gasteiger partial charge in [0.1, 0.15) is 0 Å². The van der Waals surface area contributed by atoms with E-state index in [1.54, 1.807) is 0 Å². The molecule has 0 spiro atoms. The molecule has 1 fully saturated rings. The van der Waals surface area contributed by atoms with Gasteiger partial charge in [-0.15, -0.1) is 0 Å². The first-order valence-corrected chi connectivity index (χ1v) is 7.20. The summed E-state index contributed by atoms with van der Waals surface area (Å²) in [5.41, 5.74) is 2.76. The number of hydrogen-bond donors (Lipinski definition) is 1. The minimum Gasteiger partial charge on any atom is -0.310 e. The molecule has 2 aliphatic rings. The second kappa shape index (κ2) is 4.89. The van der Waals surface area contributed by atoms with Crippen LogP contribution in [0.15, 0.2) is 36.4 Å². The average Bonchev–Trinajstić information content (AvgIpc) is 2.98. The number of allylic oxidation sites excluding steroid dienone is 2. The minimum atomic E-state index is 0.466. The molecule has 2 bridgehead atoms. The van der Waals surface area contributed by atoms with E-state index < -0.39 is 0 Å². The van der Waals surface area contributed by atoms with Crippen LogP contribution < -0.4 is 5.32 Å². The molecule has 1 aromatic carbocycles. The lowest BCUT2D eigenvalue weighted by Crippen LogP contribution is -2.27. The topological polar surface area (TPSA) is 12.0 Å². The normalized spacial score (nSPS) is 30.9. The summed E-state index contributed by atoms with van der Waals surface area (Å²) in [6.45, 7) is 5.61. The van der Waals surface area contributed by atoms with E-state index in [4.69, 9.17) is 0 Å². The molecule has 0 aromatic heterocycles. The molecule has 0 saturated heterocycles. The Morgan fingerprint density at radius 3 is 2.83 bits per heavy atom. The number of fused-ring (bicyclic) bond motifs is 2. The summed E-state index contributed by atoms with van der Waals surface area (Å²) in [4.78, 5) is 0. The van der Waals surface area contributed by atoms with Crippen molar-refractivity contribution in [2.75, 3.05) is 6.54 Å². The molecule has 0 aliphatic heterocycles. The van der Waals surface area contributed by atoms with Crippen molar-refractivity contribution < 1.29 is 0 Å². The van der Waals surface area contributed by atoms with Gasteiger partial charge >= 0.3 is 0 Å². The average molecular weight is 241 g/mol. The molecule has 3 rings (SSSR count). The van der Waals surface area contributed by atoms with Gasteiger partial charge in [-0.2, -0.15) is 0 Å². The van der Waals surface area contributed by atoms with E-state index in [-0.39, 0.29) is 0 Å². The number of aryl methyl sites for hydroxylation is 1. The highest BCUT2D eigenvalue weighted by atomic mass is 14.9. The van der Waals surface area contributed by atoms with Crippen LogP contribution in [0.2, 0.25) is 0 Å². The van der Waals surface area contributed by atoms with E-state index in [0.29, 0.717) is 6.04 Å². The van der Waals surface area contributed by atoms with Crippen LogP contribution in [0.4, 0.5) is 0 Å². The Labute approximate surface area is 110 Å². The summed E-state index contributed by atoms with van der Waals surface area (Å²) < 4.78 is 0. The van der Waals surface area contributed by atoms with Crippen LogP contribution in [0.1, 0.15) is 36.9 Å². The molecular weight excluding hydrogens is 218 g/mol. The molecule has 1 N–H and O–H groups in total. The maximum Gasteiger partial charge on any atom is 0.0292 e. The Morgan fingerprint density at radius 2 is 2.17 bits per heavy atom. The van der Waals surface area contributed by atoms with E-state index in [1.807, 2.05) is 0 Å². The fourth-order valence-corrected chi connectivity index (χ4v) is 3.51. The number of hydrogen-bond acceptors (Lipinski definition) is 1. The second-order valence-corrected chi connectivity index (χ2v) is 6.08. The summed E-state index contributed by atoms with van der Waals surface area (Å²) in [5.74, 6) is 2.61. The fourth-order valence-electron chi connectivity index (χ4n) is 3.51. The Kier molecular flexibility index (Phi) is 3.25. The molecule has 2 aliphatic carbocycles. The maximum absolute atomic E-state index is 3.72. The predicted octanol–water partition coefficient (Wildman–Crippen LogP) is 3.86. The molecule has 1 saturated carbocycles. The Hall–Kier alpha value is -1.08. The first-order valence-electron chi connectivity index (χ1n) is 7.20. The van der Waals surface area contributed by atoms with E-state index in [9.17, 15) is 0 Å². The third-order valence-electron chi connectivity index (χ3n) is 4.64. The summed E-state index contributed by atoms with van der Waals surface area (Å²) in [5, 5.41) is 3.72. The highest BCUT2D eigenvalue weighted by Gasteiger charge is 2.35. The second-order valence-electron chi connectivity index (χ2n) is 6.08. The van der Waals surface area contributed by atoms with Gasteiger partial charge in [-0.25, -0.2) is 0 Å². The molecule has 0 heterocycles. The zero-order valence-corrected chi connectivity index (χ0v) is 11.4. The molecule has 1 nitrogen and oxygen atoms in total. The summed E-state index contributed by atoms with van der Waals surface area (Å²) >= 11 is 0. The molecular formula is C17H23N. The van der Waals surface area contributed by atoms with Gasteiger partial charge < -0.3 is 5.32 Å². The van der Waals surface area contributed by atoms with Crippen LogP contribution in [-0.4, -0.2) is 6.54 Å². The highest BCUT2D eigenvalue weighted by molar-refractivity contribution is 5.24. The first-order chi connectivity index (χ1) is 8.72. The van der Waals surface area contributed by atoms with Crippen LogP contribution in [0.3, 0.4) is 0 Å². The van der Waals surface area contributed by atoms with Crippen molar-refractivity contribution in [3.05, 3.63) is 47.5 Å². The van der Waals surface area contributed by atoms with Crippen LogP contribution in [0, 0.1) is 24.7 Å². The SMILES string of the molecule is Cc1cccc([C@@H](C)NCC2CC3C=CC2C3)c1. The van der Waals surface area contributed by atoms with Crippen LogP contribution >= 0.6 is 0 Å². The lowest BCUT2D eigenvalue weighted by molar-refractivity contribution is 0.393. The van der Waals surface area contributed by atoms with Gasteiger partial charge in [0.2, 0.25) is 0 Å². The van der Waals surface area contributed by atoms with Crippen molar-refractivity contribution in [1.82, 2.24) is 5.32 Å². The summed E-state index contributed by atoms with van der Waals surface area (Å²) in [7, 11) is 0. The van der Waals surface area contributed by atoms with Gasteiger partial charge in [-0.05, 0) is 56.6 Å².